The molecule has 5 heteroatoms. The fraction of sp³-hybridized carbons (Fsp3) is 0.500. The quantitative estimate of drug-likeness (QED) is 0.780. The van der Waals surface area contributed by atoms with Gasteiger partial charge in [0.15, 0.2) is 6.10 Å². The predicted octanol–water partition coefficient (Wildman–Crippen LogP) is 3.05. The molecule has 0 saturated heterocycles. The van der Waals surface area contributed by atoms with E-state index in [0.717, 1.165) is 16.5 Å². The highest BCUT2D eigenvalue weighted by Crippen LogP contribution is 2.24. The molecule has 0 heterocycles. The summed E-state index contributed by atoms with van der Waals surface area (Å²) in [6.07, 6.45) is 0.827. The third-order valence-electron chi connectivity index (χ3n) is 2.57. The predicted molar refractivity (Wildman–Crippen MR) is 76.0 cm³/mol. The van der Waals surface area contributed by atoms with Gasteiger partial charge in [0.1, 0.15) is 5.75 Å². The highest BCUT2D eigenvalue weighted by molar-refractivity contribution is 9.10. The minimum Gasteiger partial charge on any atom is -0.479 e. The van der Waals surface area contributed by atoms with Crippen molar-refractivity contribution in [3.8, 4) is 5.75 Å². The molecule has 1 N–H and O–H groups in total. The number of hydrogen-bond acceptors (Lipinski definition) is 4. The van der Waals surface area contributed by atoms with Crippen LogP contribution in [0, 0.1) is 0 Å². The van der Waals surface area contributed by atoms with E-state index >= 15 is 0 Å². The number of aliphatic hydroxyl groups is 1. The topological polar surface area (TPSA) is 55.8 Å². The van der Waals surface area contributed by atoms with Crippen molar-refractivity contribution in [1.29, 1.82) is 0 Å². The number of aliphatic hydroxyl groups excluding tert-OH is 1. The van der Waals surface area contributed by atoms with Crippen molar-refractivity contribution in [2.24, 2.45) is 0 Å². The first-order valence-corrected chi connectivity index (χ1v) is 7.14. The van der Waals surface area contributed by atoms with Crippen LogP contribution >= 0.6 is 15.9 Å². The molecule has 4 nitrogen and oxygen atoms in total. The van der Waals surface area contributed by atoms with E-state index in [1.807, 2.05) is 6.92 Å². The number of hydrogen-bond donors (Lipinski definition) is 1. The van der Waals surface area contributed by atoms with Crippen LogP contribution in [0.3, 0.4) is 0 Å². The molecule has 1 unspecified atom stereocenters. The monoisotopic (exact) mass is 330 g/mol. The van der Waals surface area contributed by atoms with Crippen molar-refractivity contribution in [1.82, 2.24) is 0 Å². The number of halogens is 1. The van der Waals surface area contributed by atoms with Gasteiger partial charge in [-0.05, 0) is 37.1 Å². The van der Waals surface area contributed by atoms with Gasteiger partial charge in [0.2, 0.25) is 0 Å². The molecule has 0 aromatic heterocycles. The van der Waals surface area contributed by atoms with Gasteiger partial charge in [0.25, 0.3) is 0 Å². The van der Waals surface area contributed by atoms with Crippen molar-refractivity contribution < 1.29 is 19.4 Å². The van der Waals surface area contributed by atoms with Gasteiger partial charge >= 0.3 is 5.97 Å². The van der Waals surface area contributed by atoms with Crippen LogP contribution in [0.5, 0.6) is 5.75 Å². The first kappa shape index (κ1) is 16.0. The molecule has 0 aliphatic heterocycles. The lowest BCUT2D eigenvalue weighted by Crippen LogP contribution is -2.29. The average molecular weight is 331 g/mol. The van der Waals surface area contributed by atoms with Crippen molar-refractivity contribution >= 4 is 21.9 Å². The van der Waals surface area contributed by atoms with E-state index in [0.29, 0.717) is 18.8 Å². The summed E-state index contributed by atoms with van der Waals surface area (Å²) in [6, 6.07) is 5.26. The van der Waals surface area contributed by atoms with E-state index in [4.69, 9.17) is 9.47 Å². The van der Waals surface area contributed by atoms with Gasteiger partial charge < -0.3 is 14.6 Å². The summed E-state index contributed by atoms with van der Waals surface area (Å²) < 4.78 is 11.5. The molecule has 1 atom stereocenters. The van der Waals surface area contributed by atoms with Gasteiger partial charge in [-0.1, -0.05) is 29.3 Å². The fourth-order valence-electron chi connectivity index (χ4n) is 1.63. The highest BCUT2D eigenvalue weighted by Gasteiger charge is 2.21. The first-order chi connectivity index (χ1) is 9.12. The Balaban J connectivity index is 2.81. The minimum absolute atomic E-state index is 0.0877. The van der Waals surface area contributed by atoms with Gasteiger partial charge in [0.05, 0.1) is 13.2 Å². The Labute approximate surface area is 121 Å². The number of ether oxygens (including phenoxy) is 2. The summed E-state index contributed by atoms with van der Waals surface area (Å²) in [5, 5.41) is 9.20. The molecule has 0 saturated carbocycles. The molecule has 1 aromatic carbocycles. The van der Waals surface area contributed by atoms with E-state index < -0.39 is 6.10 Å². The molecular formula is C14H19BrO4. The Hall–Kier alpha value is -1.07. The third-order valence-corrected chi connectivity index (χ3v) is 3.34. The maximum Gasteiger partial charge on any atom is 0.347 e. The molecule has 0 aliphatic rings. The lowest BCUT2D eigenvalue weighted by molar-refractivity contribution is -0.151. The zero-order valence-corrected chi connectivity index (χ0v) is 12.8. The lowest BCUT2D eigenvalue weighted by Gasteiger charge is -2.17. The third kappa shape index (κ3) is 4.84. The van der Waals surface area contributed by atoms with Crippen molar-refractivity contribution in [3.63, 3.8) is 0 Å². The molecule has 0 fully saturated rings. The molecule has 106 valence electrons. The summed E-state index contributed by atoms with van der Waals surface area (Å²) in [7, 11) is 0. The van der Waals surface area contributed by atoms with Crippen LogP contribution in [-0.4, -0.2) is 23.8 Å². The molecule has 0 aliphatic carbocycles. The second kappa shape index (κ2) is 8.17. The average Bonchev–Trinajstić information content (AvgIpc) is 2.40. The summed E-state index contributed by atoms with van der Waals surface area (Å²) in [6.45, 7) is 4.00. The Morgan fingerprint density at radius 3 is 2.74 bits per heavy atom. The number of esters is 1. The highest BCUT2D eigenvalue weighted by atomic mass is 79.9. The summed E-state index contributed by atoms with van der Waals surface area (Å²) in [5.41, 5.74) is 0.719. The van der Waals surface area contributed by atoms with E-state index in [1.54, 1.807) is 25.1 Å². The maximum atomic E-state index is 11.8. The molecule has 0 amide bonds. The first-order valence-electron chi connectivity index (χ1n) is 6.34. The van der Waals surface area contributed by atoms with Crippen LogP contribution in [-0.2, 0) is 16.1 Å². The van der Waals surface area contributed by atoms with Crippen LogP contribution < -0.4 is 4.74 Å². The Morgan fingerprint density at radius 2 is 2.16 bits per heavy atom. The van der Waals surface area contributed by atoms with Gasteiger partial charge in [-0.2, -0.15) is 0 Å². The Kier molecular flexibility index (Phi) is 6.87. The number of carbonyl (C=O) groups excluding carboxylic acids is 1. The normalized spacial score (nSPS) is 12.0. The van der Waals surface area contributed by atoms with Crippen LogP contribution in [0.4, 0.5) is 0 Å². The SMILES string of the molecule is CCCC(Oc1ccc(Br)c(CO)c1)C(=O)OCC. The standard InChI is InChI=1S/C14H19BrO4/c1-3-5-13(14(17)18-4-2)19-11-6-7-12(15)10(8-11)9-16/h6-8,13,16H,3-5,9H2,1-2H3. The molecule has 0 bridgehead atoms. The molecular weight excluding hydrogens is 312 g/mol. The Bertz CT molecular complexity index is 420. The minimum atomic E-state index is -0.599. The van der Waals surface area contributed by atoms with E-state index in [-0.39, 0.29) is 12.6 Å². The van der Waals surface area contributed by atoms with Crippen LogP contribution in [0.1, 0.15) is 32.3 Å². The number of rotatable bonds is 7. The lowest BCUT2D eigenvalue weighted by atomic mass is 10.2. The largest absolute Gasteiger partial charge is 0.479 e. The zero-order valence-electron chi connectivity index (χ0n) is 11.2. The molecule has 1 rings (SSSR count). The van der Waals surface area contributed by atoms with E-state index in [9.17, 15) is 9.90 Å². The molecule has 19 heavy (non-hydrogen) atoms. The van der Waals surface area contributed by atoms with E-state index in [1.165, 1.54) is 0 Å². The summed E-state index contributed by atoms with van der Waals surface area (Å²) in [4.78, 5) is 11.8. The van der Waals surface area contributed by atoms with Gasteiger partial charge in [-0.15, -0.1) is 0 Å². The Morgan fingerprint density at radius 1 is 1.42 bits per heavy atom. The van der Waals surface area contributed by atoms with Crippen molar-refractivity contribution in [2.45, 2.75) is 39.4 Å². The molecule has 0 spiro atoms. The van der Waals surface area contributed by atoms with Crippen LogP contribution in [0.15, 0.2) is 22.7 Å². The fourth-order valence-corrected chi connectivity index (χ4v) is 2.00. The van der Waals surface area contributed by atoms with Crippen LogP contribution in [0.25, 0.3) is 0 Å². The van der Waals surface area contributed by atoms with E-state index in [2.05, 4.69) is 15.9 Å². The number of benzene rings is 1. The summed E-state index contributed by atoms with van der Waals surface area (Å²) in [5.74, 6) is 0.205. The van der Waals surface area contributed by atoms with Crippen molar-refractivity contribution in [2.75, 3.05) is 6.61 Å². The molecule has 1 aromatic rings. The smallest absolute Gasteiger partial charge is 0.347 e. The van der Waals surface area contributed by atoms with Crippen molar-refractivity contribution in [3.05, 3.63) is 28.2 Å². The molecule has 0 radical (unpaired) electrons. The van der Waals surface area contributed by atoms with Gasteiger partial charge in [0, 0.05) is 4.47 Å². The second-order valence-corrected chi connectivity index (χ2v) is 4.91. The maximum absolute atomic E-state index is 11.8. The number of carbonyl (C=O) groups is 1. The van der Waals surface area contributed by atoms with Crippen LogP contribution in [0.2, 0.25) is 0 Å². The van der Waals surface area contributed by atoms with Gasteiger partial charge in [-0.25, -0.2) is 4.79 Å². The zero-order chi connectivity index (χ0) is 14.3. The van der Waals surface area contributed by atoms with Gasteiger partial charge in [-0.3, -0.25) is 0 Å². The second-order valence-electron chi connectivity index (χ2n) is 4.06. The summed E-state index contributed by atoms with van der Waals surface area (Å²) >= 11 is 3.33.